The molecule has 1 unspecified atom stereocenters. The van der Waals surface area contributed by atoms with E-state index in [-0.39, 0.29) is 11.9 Å². The molecule has 5 nitrogen and oxygen atoms in total. The summed E-state index contributed by atoms with van der Waals surface area (Å²) in [5.41, 5.74) is 2.25. The number of rotatable bonds is 7. The van der Waals surface area contributed by atoms with Gasteiger partial charge in [-0.3, -0.25) is 9.48 Å². The lowest BCUT2D eigenvalue weighted by atomic mass is 10.1. The van der Waals surface area contributed by atoms with Crippen LogP contribution >= 0.6 is 23.2 Å². The van der Waals surface area contributed by atoms with E-state index in [0.717, 1.165) is 17.8 Å². The number of carbonyl (C=O) groups is 1. The summed E-state index contributed by atoms with van der Waals surface area (Å²) in [5, 5.41) is 8.40. The molecule has 0 aliphatic heterocycles. The molecular formula is C21H21Cl2N3O2. The number of nitrogens with one attached hydrogen (secondary N) is 1. The van der Waals surface area contributed by atoms with Crippen LogP contribution in [0.2, 0.25) is 10.0 Å². The quantitative estimate of drug-likeness (QED) is 0.568. The van der Waals surface area contributed by atoms with E-state index in [4.69, 9.17) is 27.9 Å². The lowest BCUT2D eigenvalue weighted by Crippen LogP contribution is -2.27. The van der Waals surface area contributed by atoms with Gasteiger partial charge in [0.2, 0.25) is 0 Å². The van der Waals surface area contributed by atoms with Crippen molar-refractivity contribution >= 4 is 29.1 Å². The van der Waals surface area contributed by atoms with E-state index in [1.165, 1.54) is 0 Å². The van der Waals surface area contributed by atoms with Crippen molar-refractivity contribution in [2.75, 3.05) is 0 Å². The fourth-order valence-corrected chi connectivity index (χ4v) is 3.16. The maximum Gasteiger partial charge on any atom is 0.251 e. The van der Waals surface area contributed by atoms with Gasteiger partial charge in [0.1, 0.15) is 12.4 Å². The van der Waals surface area contributed by atoms with Crippen LogP contribution in [0.4, 0.5) is 0 Å². The van der Waals surface area contributed by atoms with Crippen LogP contribution in [0.5, 0.6) is 5.75 Å². The van der Waals surface area contributed by atoms with Crippen molar-refractivity contribution in [2.24, 2.45) is 0 Å². The summed E-state index contributed by atoms with van der Waals surface area (Å²) < 4.78 is 7.57. The van der Waals surface area contributed by atoms with Crippen molar-refractivity contribution in [3.8, 4) is 5.75 Å². The van der Waals surface area contributed by atoms with Gasteiger partial charge in [-0.15, -0.1) is 0 Å². The Morgan fingerprint density at radius 3 is 2.75 bits per heavy atom. The van der Waals surface area contributed by atoms with E-state index < -0.39 is 0 Å². The van der Waals surface area contributed by atoms with Crippen molar-refractivity contribution in [1.82, 2.24) is 15.1 Å². The molecule has 1 atom stereocenters. The second-order valence-corrected chi connectivity index (χ2v) is 7.20. The van der Waals surface area contributed by atoms with Crippen LogP contribution in [0, 0.1) is 0 Å². The third-order valence-corrected chi connectivity index (χ3v) is 4.78. The van der Waals surface area contributed by atoms with Crippen LogP contribution in [-0.4, -0.2) is 15.7 Å². The summed E-state index contributed by atoms with van der Waals surface area (Å²) in [6, 6.07) is 14.1. The van der Waals surface area contributed by atoms with Gasteiger partial charge in [0.05, 0.1) is 16.8 Å². The zero-order chi connectivity index (χ0) is 20.1. The Morgan fingerprint density at radius 1 is 1.21 bits per heavy atom. The Labute approximate surface area is 174 Å². The van der Waals surface area contributed by atoms with Gasteiger partial charge in [-0.2, -0.15) is 5.10 Å². The maximum atomic E-state index is 12.6. The summed E-state index contributed by atoms with van der Waals surface area (Å²) in [4.78, 5) is 12.6. The molecule has 0 radical (unpaired) electrons. The Bertz CT molecular complexity index is 972. The SMILES string of the molecule is CCn1ccc(C(C)NC(=O)c2cccc(COc3ccc(Cl)cc3Cl)c2)n1. The first-order valence-electron chi connectivity index (χ1n) is 8.97. The van der Waals surface area contributed by atoms with Crippen LogP contribution in [0.3, 0.4) is 0 Å². The van der Waals surface area contributed by atoms with Gasteiger partial charge in [-0.1, -0.05) is 35.3 Å². The monoisotopic (exact) mass is 417 g/mol. The third-order valence-electron chi connectivity index (χ3n) is 4.25. The molecule has 2 aromatic carbocycles. The van der Waals surface area contributed by atoms with E-state index in [0.29, 0.717) is 28.0 Å². The predicted octanol–water partition coefficient (Wildman–Crippen LogP) is 5.28. The first-order valence-corrected chi connectivity index (χ1v) is 9.73. The molecule has 0 aliphatic carbocycles. The smallest absolute Gasteiger partial charge is 0.251 e. The lowest BCUT2D eigenvalue weighted by Gasteiger charge is -2.13. The second-order valence-electron chi connectivity index (χ2n) is 6.36. The van der Waals surface area contributed by atoms with Crippen LogP contribution in [0.15, 0.2) is 54.7 Å². The third kappa shape index (κ3) is 5.06. The van der Waals surface area contributed by atoms with Crippen molar-refractivity contribution in [1.29, 1.82) is 0 Å². The van der Waals surface area contributed by atoms with Gasteiger partial charge < -0.3 is 10.1 Å². The minimum Gasteiger partial charge on any atom is -0.487 e. The molecule has 1 aromatic heterocycles. The minimum absolute atomic E-state index is 0.162. The van der Waals surface area contributed by atoms with Gasteiger partial charge >= 0.3 is 0 Å². The molecular weight excluding hydrogens is 397 g/mol. The number of carbonyl (C=O) groups excluding carboxylic acids is 1. The number of benzene rings is 2. The number of nitrogens with zero attached hydrogens (tertiary/aromatic N) is 2. The largest absolute Gasteiger partial charge is 0.487 e. The number of halogens is 2. The summed E-state index contributed by atoms with van der Waals surface area (Å²) in [7, 11) is 0. The molecule has 3 aromatic rings. The number of aromatic nitrogens is 2. The van der Waals surface area contributed by atoms with E-state index in [1.807, 2.05) is 42.9 Å². The topological polar surface area (TPSA) is 56.2 Å². The Hall–Kier alpha value is -2.50. The molecule has 28 heavy (non-hydrogen) atoms. The molecule has 7 heteroatoms. The van der Waals surface area contributed by atoms with Gasteiger partial charge in [-0.25, -0.2) is 0 Å². The number of amides is 1. The zero-order valence-corrected chi connectivity index (χ0v) is 17.2. The van der Waals surface area contributed by atoms with Crippen molar-refractivity contribution < 1.29 is 9.53 Å². The number of hydrogen-bond acceptors (Lipinski definition) is 3. The highest BCUT2D eigenvalue weighted by Crippen LogP contribution is 2.28. The first-order chi connectivity index (χ1) is 13.5. The summed E-state index contributed by atoms with van der Waals surface area (Å²) in [6.45, 7) is 5.01. The maximum absolute atomic E-state index is 12.6. The van der Waals surface area contributed by atoms with Gasteiger partial charge in [0, 0.05) is 23.3 Å². The van der Waals surface area contributed by atoms with E-state index in [9.17, 15) is 4.79 Å². The predicted molar refractivity (Wildman–Crippen MR) is 111 cm³/mol. The Balaban J connectivity index is 1.64. The summed E-state index contributed by atoms with van der Waals surface area (Å²) >= 11 is 12.0. The highest BCUT2D eigenvalue weighted by atomic mass is 35.5. The van der Waals surface area contributed by atoms with Crippen molar-refractivity contribution in [3.05, 3.63) is 81.6 Å². The molecule has 3 rings (SSSR count). The van der Waals surface area contributed by atoms with Gasteiger partial charge in [-0.05, 0) is 55.8 Å². The molecule has 0 saturated heterocycles. The van der Waals surface area contributed by atoms with Crippen molar-refractivity contribution in [3.63, 3.8) is 0 Å². The Morgan fingerprint density at radius 2 is 2.04 bits per heavy atom. The molecule has 0 aliphatic rings. The first kappa shape index (κ1) is 20.2. The average Bonchev–Trinajstić information content (AvgIpc) is 3.17. The molecule has 146 valence electrons. The molecule has 1 N–H and O–H groups in total. The molecule has 1 amide bonds. The lowest BCUT2D eigenvalue weighted by molar-refractivity contribution is 0.0939. The van der Waals surface area contributed by atoms with Crippen LogP contribution in [-0.2, 0) is 13.2 Å². The number of hydrogen-bond donors (Lipinski definition) is 1. The molecule has 0 bridgehead atoms. The summed E-state index contributed by atoms with van der Waals surface area (Å²) in [6.07, 6.45) is 1.90. The fraction of sp³-hybridized carbons (Fsp3) is 0.238. The van der Waals surface area contributed by atoms with Crippen molar-refractivity contribution in [2.45, 2.75) is 33.0 Å². The molecule has 0 fully saturated rings. The zero-order valence-electron chi connectivity index (χ0n) is 15.7. The summed E-state index contributed by atoms with van der Waals surface area (Å²) in [5.74, 6) is 0.381. The standard InChI is InChI=1S/C21H21Cl2N3O2/c1-3-26-10-9-19(25-26)14(2)24-21(27)16-6-4-5-15(11-16)13-28-20-8-7-17(22)12-18(20)23/h4-12,14H,3,13H2,1-2H3,(H,24,27). The van der Waals surface area contributed by atoms with Gasteiger partial charge in [0.25, 0.3) is 5.91 Å². The van der Waals surface area contributed by atoms with E-state index in [2.05, 4.69) is 10.4 Å². The van der Waals surface area contributed by atoms with Crippen LogP contribution < -0.4 is 10.1 Å². The highest BCUT2D eigenvalue weighted by molar-refractivity contribution is 6.35. The number of ether oxygens (including phenoxy) is 1. The highest BCUT2D eigenvalue weighted by Gasteiger charge is 2.14. The van der Waals surface area contributed by atoms with Crippen LogP contribution in [0.1, 0.15) is 41.5 Å². The molecule has 0 spiro atoms. The normalized spacial score (nSPS) is 11.9. The second kappa shape index (κ2) is 9.13. The minimum atomic E-state index is -0.187. The molecule has 1 heterocycles. The van der Waals surface area contributed by atoms with E-state index >= 15 is 0 Å². The number of aryl methyl sites for hydroxylation is 1. The Kier molecular flexibility index (Phi) is 6.60. The molecule has 0 saturated carbocycles. The fourth-order valence-electron chi connectivity index (χ4n) is 2.69. The van der Waals surface area contributed by atoms with E-state index in [1.54, 1.807) is 30.3 Å². The van der Waals surface area contributed by atoms with Crippen LogP contribution in [0.25, 0.3) is 0 Å². The van der Waals surface area contributed by atoms with Gasteiger partial charge in [0.15, 0.2) is 0 Å². The average molecular weight is 418 g/mol.